The normalized spacial score (nSPS) is 16.6. The van der Waals surface area contributed by atoms with Crippen LogP contribution in [0.3, 0.4) is 0 Å². The number of hydrogen-bond acceptors (Lipinski definition) is 6. The number of ether oxygens (including phenoxy) is 1. The van der Waals surface area contributed by atoms with Crippen LogP contribution in [0.4, 0.5) is 11.4 Å². The first kappa shape index (κ1) is 18.9. The molecule has 1 N–H and O–H groups in total. The van der Waals surface area contributed by atoms with E-state index in [0.29, 0.717) is 26.3 Å². The highest BCUT2D eigenvalue weighted by Gasteiger charge is 2.24. The third-order valence-electron chi connectivity index (χ3n) is 3.74. The fraction of sp³-hybridized carbons (Fsp3) is 0.111. The van der Waals surface area contributed by atoms with Gasteiger partial charge in [-0.2, -0.15) is 0 Å². The summed E-state index contributed by atoms with van der Waals surface area (Å²) in [6.45, 7) is 1.89. The van der Waals surface area contributed by atoms with Crippen molar-refractivity contribution in [1.29, 1.82) is 0 Å². The maximum Gasteiger partial charge on any atom is 0.311 e. The van der Waals surface area contributed by atoms with Gasteiger partial charge < -0.3 is 10.1 Å². The summed E-state index contributed by atoms with van der Waals surface area (Å²) in [6, 6.07) is 9.82. The monoisotopic (exact) mass is 403 g/mol. The lowest BCUT2D eigenvalue weighted by Crippen LogP contribution is -2.19. The van der Waals surface area contributed by atoms with Crippen LogP contribution in [0.15, 0.2) is 46.3 Å². The predicted octanol–water partition coefficient (Wildman–Crippen LogP) is 4.46. The Morgan fingerprint density at radius 3 is 2.78 bits per heavy atom. The van der Waals surface area contributed by atoms with E-state index < -0.39 is 4.92 Å². The van der Waals surface area contributed by atoms with Gasteiger partial charge in [-0.3, -0.25) is 14.9 Å². The van der Waals surface area contributed by atoms with Crippen LogP contribution in [0.1, 0.15) is 11.1 Å². The number of nitro benzene ring substituents is 1. The van der Waals surface area contributed by atoms with Crippen molar-refractivity contribution < 1.29 is 14.5 Å². The molecule has 2 aromatic carbocycles. The third kappa shape index (κ3) is 4.29. The molecule has 1 aliphatic heterocycles. The van der Waals surface area contributed by atoms with E-state index in [1.165, 1.54) is 19.2 Å². The SMILES string of the molecule is COc1ccc(/C=C2\SC(=Nc3cc(Cl)ccc3C)NC2=O)cc1[N+](=O)[O-]. The number of nitrogens with one attached hydrogen (secondary N) is 1. The summed E-state index contributed by atoms with van der Waals surface area (Å²) in [5, 5.41) is 14.8. The summed E-state index contributed by atoms with van der Waals surface area (Å²) in [5.41, 5.74) is 1.93. The van der Waals surface area contributed by atoms with E-state index in [1.807, 2.05) is 13.0 Å². The molecule has 27 heavy (non-hydrogen) atoms. The van der Waals surface area contributed by atoms with Gasteiger partial charge in [-0.15, -0.1) is 0 Å². The van der Waals surface area contributed by atoms with Crippen molar-refractivity contribution in [3.63, 3.8) is 0 Å². The number of aliphatic imine (C=N–C) groups is 1. The molecule has 1 aliphatic rings. The second kappa shape index (κ2) is 7.81. The Kier molecular flexibility index (Phi) is 5.48. The molecule has 2 aromatic rings. The van der Waals surface area contributed by atoms with Crippen molar-refractivity contribution in [2.45, 2.75) is 6.92 Å². The van der Waals surface area contributed by atoms with E-state index in [-0.39, 0.29) is 17.3 Å². The smallest absolute Gasteiger partial charge is 0.311 e. The van der Waals surface area contributed by atoms with Crippen molar-refractivity contribution in [3.8, 4) is 5.75 Å². The zero-order chi connectivity index (χ0) is 19.6. The molecule has 0 radical (unpaired) electrons. The zero-order valence-corrected chi connectivity index (χ0v) is 15.9. The number of amidine groups is 1. The van der Waals surface area contributed by atoms with Gasteiger partial charge in [-0.25, -0.2) is 4.99 Å². The molecule has 1 saturated heterocycles. The van der Waals surface area contributed by atoms with Crippen LogP contribution in [-0.4, -0.2) is 23.1 Å². The first-order valence-electron chi connectivity index (χ1n) is 7.75. The molecule has 9 heteroatoms. The lowest BCUT2D eigenvalue weighted by Gasteiger charge is -2.02. The molecular weight excluding hydrogens is 390 g/mol. The van der Waals surface area contributed by atoms with Crippen LogP contribution in [0.25, 0.3) is 6.08 Å². The summed E-state index contributed by atoms with van der Waals surface area (Å²) in [4.78, 5) is 27.6. The quantitative estimate of drug-likeness (QED) is 0.462. The summed E-state index contributed by atoms with van der Waals surface area (Å²) < 4.78 is 4.98. The summed E-state index contributed by atoms with van der Waals surface area (Å²) in [6.07, 6.45) is 1.57. The molecule has 0 bridgehead atoms. The molecule has 0 unspecified atom stereocenters. The maximum atomic E-state index is 12.2. The number of amides is 1. The molecule has 1 amide bonds. The molecular formula is C18H14ClN3O4S. The second-order valence-corrected chi connectivity index (χ2v) is 7.07. The minimum absolute atomic E-state index is 0.157. The molecule has 0 aromatic heterocycles. The number of nitro groups is 1. The fourth-order valence-corrected chi connectivity index (χ4v) is 3.38. The standard InChI is InChI=1S/C18H14ClN3O4S/c1-10-3-5-12(19)9-13(10)20-18-21-17(23)16(27-18)8-11-4-6-15(26-2)14(7-11)22(24)25/h3-9H,1-2H3,(H,20,21,23)/b16-8-. The molecule has 138 valence electrons. The number of thioether (sulfide) groups is 1. The van der Waals surface area contributed by atoms with Gasteiger partial charge in [0.1, 0.15) is 0 Å². The minimum Gasteiger partial charge on any atom is -0.490 e. The largest absolute Gasteiger partial charge is 0.490 e. The van der Waals surface area contributed by atoms with Crippen LogP contribution >= 0.6 is 23.4 Å². The molecule has 0 spiro atoms. The maximum absolute atomic E-state index is 12.2. The van der Waals surface area contributed by atoms with Crippen molar-refractivity contribution >= 4 is 51.9 Å². The topological polar surface area (TPSA) is 93.8 Å². The summed E-state index contributed by atoms with van der Waals surface area (Å²) in [5.74, 6) is -0.165. The molecule has 1 fully saturated rings. The van der Waals surface area contributed by atoms with Crippen LogP contribution in [0, 0.1) is 17.0 Å². The van der Waals surface area contributed by atoms with E-state index in [0.717, 1.165) is 17.3 Å². The fourth-order valence-electron chi connectivity index (χ4n) is 2.38. The van der Waals surface area contributed by atoms with Gasteiger partial charge in [0.05, 0.1) is 22.6 Å². The van der Waals surface area contributed by atoms with Crippen LogP contribution in [-0.2, 0) is 4.79 Å². The number of hydrogen-bond donors (Lipinski definition) is 1. The number of halogens is 1. The van der Waals surface area contributed by atoms with Gasteiger partial charge in [-0.05, 0) is 54.1 Å². The van der Waals surface area contributed by atoms with Gasteiger partial charge in [0.15, 0.2) is 10.9 Å². The minimum atomic E-state index is -0.530. The molecule has 0 atom stereocenters. The number of carbonyl (C=O) groups excluding carboxylic acids is 1. The summed E-state index contributed by atoms with van der Waals surface area (Å²) in [7, 11) is 1.36. The number of methoxy groups -OCH3 is 1. The van der Waals surface area contributed by atoms with E-state index in [1.54, 1.807) is 24.3 Å². The van der Waals surface area contributed by atoms with Crippen LogP contribution in [0.5, 0.6) is 5.75 Å². The number of nitrogens with zero attached hydrogens (tertiary/aromatic N) is 2. The number of carbonyl (C=O) groups is 1. The number of rotatable bonds is 4. The predicted molar refractivity (Wildman–Crippen MR) is 107 cm³/mol. The number of aryl methyl sites for hydroxylation is 1. The Hall–Kier alpha value is -2.84. The highest BCUT2D eigenvalue weighted by Crippen LogP contribution is 2.32. The Bertz CT molecular complexity index is 1000. The molecule has 0 saturated carbocycles. The molecule has 0 aliphatic carbocycles. The van der Waals surface area contributed by atoms with E-state index in [2.05, 4.69) is 10.3 Å². The highest BCUT2D eigenvalue weighted by atomic mass is 35.5. The van der Waals surface area contributed by atoms with Gasteiger partial charge in [-0.1, -0.05) is 23.7 Å². The van der Waals surface area contributed by atoms with Gasteiger partial charge in [0.2, 0.25) is 0 Å². The van der Waals surface area contributed by atoms with E-state index in [4.69, 9.17) is 16.3 Å². The van der Waals surface area contributed by atoms with Gasteiger partial charge >= 0.3 is 5.69 Å². The average Bonchev–Trinajstić information content (AvgIpc) is 2.97. The van der Waals surface area contributed by atoms with Crippen LogP contribution < -0.4 is 10.1 Å². The third-order valence-corrected chi connectivity index (χ3v) is 4.89. The zero-order valence-electron chi connectivity index (χ0n) is 14.4. The lowest BCUT2D eigenvalue weighted by molar-refractivity contribution is -0.385. The Balaban J connectivity index is 1.89. The van der Waals surface area contributed by atoms with Crippen molar-refractivity contribution in [2.75, 3.05) is 7.11 Å². The molecule has 3 rings (SSSR count). The Morgan fingerprint density at radius 2 is 2.07 bits per heavy atom. The molecule has 7 nitrogen and oxygen atoms in total. The Morgan fingerprint density at radius 1 is 1.30 bits per heavy atom. The highest BCUT2D eigenvalue weighted by molar-refractivity contribution is 8.18. The van der Waals surface area contributed by atoms with Gasteiger partial charge in [0.25, 0.3) is 5.91 Å². The van der Waals surface area contributed by atoms with E-state index >= 15 is 0 Å². The first-order chi connectivity index (χ1) is 12.9. The second-order valence-electron chi connectivity index (χ2n) is 5.60. The average molecular weight is 404 g/mol. The van der Waals surface area contributed by atoms with Crippen molar-refractivity contribution in [3.05, 3.63) is 67.6 Å². The number of benzene rings is 2. The summed E-state index contributed by atoms with van der Waals surface area (Å²) >= 11 is 7.15. The van der Waals surface area contributed by atoms with Crippen molar-refractivity contribution in [1.82, 2.24) is 5.32 Å². The lowest BCUT2D eigenvalue weighted by atomic mass is 10.1. The van der Waals surface area contributed by atoms with Crippen molar-refractivity contribution in [2.24, 2.45) is 4.99 Å². The van der Waals surface area contributed by atoms with Crippen LogP contribution in [0.2, 0.25) is 5.02 Å². The van der Waals surface area contributed by atoms with Gasteiger partial charge in [0, 0.05) is 11.1 Å². The Labute approximate surface area is 164 Å². The van der Waals surface area contributed by atoms with E-state index in [9.17, 15) is 14.9 Å². The first-order valence-corrected chi connectivity index (χ1v) is 8.95. The molecule has 1 heterocycles.